The molecule has 0 aliphatic carbocycles. The molecule has 0 N–H and O–H groups in total. The predicted molar refractivity (Wildman–Crippen MR) is 36.9 cm³/mol. The second kappa shape index (κ2) is 2.68. The molecule has 66 valence electrons. The van der Waals surface area contributed by atoms with Crippen LogP contribution in [0.3, 0.4) is 0 Å². The molecule has 0 radical (unpaired) electrons. The van der Waals surface area contributed by atoms with Crippen molar-refractivity contribution in [2.24, 2.45) is 0 Å². The van der Waals surface area contributed by atoms with Crippen LogP contribution in [0.5, 0.6) is 0 Å². The van der Waals surface area contributed by atoms with Gasteiger partial charge >= 0.3 is 0 Å². The maximum Gasteiger partial charge on any atom is 0.285 e. The van der Waals surface area contributed by atoms with E-state index in [2.05, 4.69) is 4.28 Å². The highest BCUT2D eigenvalue weighted by molar-refractivity contribution is 7.85. The molecule has 2 amide bonds. The zero-order valence-corrected chi connectivity index (χ0v) is 6.87. The molecular weight excluding hydrogens is 186 g/mol. The van der Waals surface area contributed by atoms with Crippen molar-refractivity contribution >= 4 is 21.9 Å². The molecular formula is C5H5NO5S. The van der Waals surface area contributed by atoms with Gasteiger partial charge in [0.25, 0.3) is 21.9 Å². The highest BCUT2D eigenvalue weighted by Gasteiger charge is 2.28. The minimum Gasteiger partial charge on any atom is -0.267 e. The molecule has 0 bridgehead atoms. The summed E-state index contributed by atoms with van der Waals surface area (Å²) < 4.78 is 25.0. The van der Waals surface area contributed by atoms with Crippen LogP contribution in [0.4, 0.5) is 0 Å². The van der Waals surface area contributed by atoms with Crippen molar-refractivity contribution < 1.29 is 22.3 Å². The van der Waals surface area contributed by atoms with Crippen LogP contribution in [-0.2, 0) is 24.0 Å². The summed E-state index contributed by atoms with van der Waals surface area (Å²) in [6.07, 6.45) is 2.59. The number of nitrogens with zero attached hydrogens (tertiary/aromatic N) is 1. The lowest BCUT2D eigenvalue weighted by Gasteiger charge is -2.09. The van der Waals surface area contributed by atoms with Gasteiger partial charge in [0.2, 0.25) is 0 Å². The van der Waals surface area contributed by atoms with Gasteiger partial charge in [0.05, 0.1) is 6.26 Å². The summed E-state index contributed by atoms with van der Waals surface area (Å²) in [6.45, 7) is 0. The molecule has 12 heavy (non-hydrogen) atoms. The lowest BCUT2D eigenvalue weighted by molar-refractivity contribution is -0.161. The van der Waals surface area contributed by atoms with Crippen molar-refractivity contribution in [1.82, 2.24) is 5.06 Å². The molecule has 1 rings (SSSR count). The molecule has 0 spiro atoms. The number of hydrogen-bond acceptors (Lipinski definition) is 5. The molecule has 1 aliphatic rings. The lowest BCUT2D eigenvalue weighted by Crippen LogP contribution is -2.32. The predicted octanol–water partition coefficient (Wildman–Crippen LogP) is -1.20. The Balaban J connectivity index is 2.79. The van der Waals surface area contributed by atoms with Gasteiger partial charge in [-0.2, -0.15) is 8.42 Å². The van der Waals surface area contributed by atoms with Crippen LogP contribution in [-0.4, -0.2) is 31.6 Å². The van der Waals surface area contributed by atoms with Crippen LogP contribution in [0, 0.1) is 0 Å². The summed E-state index contributed by atoms with van der Waals surface area (Å²) in [5, 5.41) is 0.176. The second-order valence-electron chi connectivity index (χ2n) is 2.08. The fraction of sp³-hybridized carbons (Fsp3) is 0.200. The number of carbonyl (C=O) groups excluding carboxylic acids is 2. The summed E-state index contributed by atoms with van der Waals surface area (Å²) in [5.41, 5.74) is 0. The first-order chi connectivity index (χ1) is 5.40. The van der Waals surface area contributed by atoms with E-state index < -0.39 is 21.9 Å². The van der Waals surface area contributed by atoms with Crippen molar-refractivity contribution in [3.8, 4) is 0 Å². The van der Waals surface area contributed by atoms with Gasteiger partial charge in [-0.3, -0.25) is 9.59 Å². The summed E-state index contributed by atoms with van der Waals surface area (Å²) in [4.78, 5) is 21.4. The van der Waals surface area contributed by atoms with Crippen LogP contribution < -0.4 is 0 Å². The maximum atomic E-state index is 10.7. The SMILES string of the molecule is CS(=O)(=O)ON1C(=O)C=CC1=O. The smallest absolute Gasteiger partial charge is 0.267 e. The van der Waals surface area contributed by atoms with Gasteiger partial charge in [-0.15, -0.1) is 9.35 Å². The standard InChI is InChI=1S/C5H5NO5S/c1-12(9,10)11-6-4(7)2-3-5(6)8/h2-3H,1H3. The van der Waals surface area contributed by atoms with Crippen LogP contribution in [0.25, 0.3) is 0 Å². The number of amides is 2. The van der Waals surface area contributed by atoms with Gasteiger partial charge in [-0.25, -0.2) is 0 Å². The van der Waals surface area contributed by atoms with E-state index in [4.69, 9.17) is 0 Å². The summed E-state index contributed by atoms with van der Waals surface area (Å²) >= 11 is 0. The van der Waals surface area contributed by atoms with E-state index in [0.29, 0.717) is 0 Å². The number of hydrogen-bond donors (Lipinski definition) is 0. The van der Waals surface area contributed by atoms with Crippen LogP contribution in [0.1, 0.15) is 0 Å². The molecule has 0 atom stereocenters. The van der Waals surface area contributed by atoms with Crippen molar-refractivity contribution in [1.29, 1.82) is 0 Å². The Hall–Kier alpha value is -1.21. The lowest BCUT2D eigenvalue weighted by atomic mass is 10.6. The highest BCUT2D eigenvalue weighted by atomic mass is 32.2. The van der Waals surface area contributed by atoms with Crippen molar-refractivity contribution in [2.75, 3.05) is 6.26 Å². The first-order valence-electron chi connectivity index (χ1n) is 2.86. The number of carbonyl (C=O) groups is 2. The first kappa shape index (κ1) is 8.88. The Morgan fingerprint density at radius 1 is 1.25 bits per heavy atom. The molecule has 6 nitrogen and oxygen atoms in total. The van der Waals surface area contributed by atoms with Crippen LogP contribution >= 0.6 is 0 Å². The Morgan fingerprint density at radius 3 is 2.00 bits per heavy atom. The van der Waals surface area contributed by atoms with Gasteiger partial charge in [-0.1, -0.05) is 0 Å². The quantitative estimate of drug-likeness (QED) is 0.512. The zero-order chi connectivity index (χ0) is 9.35. The number of hydroxylamine groups is 2. The zero-order valence-electron chi connectivity index (χ0n) is 6.05. The Labute approximate surface area is 68.5 Å². The molecule has 0 saturated carbocycles. The minimum atomic E-state index is -3.83. The first-order valence-corrected chi connectivity index (χ1v) is 4.67. The van der Waals surface area contributed by atoms with Crippen molar-refractivity contribution in [3.63, 3.8) is 0 Å². The van der Waals surface area contributed by atoms with E-state index in [1.807, 2.05) is 0 Å². The average Bonchev–Trinajstić information content (AvgIpc) is 2.16. The second-order valence-corrected chi connectivity index (χ2v) is 3.64. The molecule has 1 heterocycles. The summed E-state index contributed by atoms with van der Waals surface area (Å²) in [6, 6.07) is 0. The molecule has 0 aromatic heterocycles. The van der Waals surface area contributed by atoms with Gasteiger partial charge in [-0.05, 0) is 0 Å². The molecule has 0 fully saturated rings. The monoisotopic (exact) mass is 191 g/mol. The topological polar surface area (TPSA) is 80.8 Å². The summed E-state index contributed by atoms with van der Waals surface area (Å²) in [5.74, 6) is -1.60. The molecule has 0 aromatic rings. The molecule has 0 unspecified atom stereocenters. The normalized spacial score (nSPS) is 17.6. The van der Waals surface area contributed by atoms with Gasteiger partial charge in [0.1, 0.15) is 0 Å². The van der Waals surface area contributed by atoms with Crippen LogP contribution in [0.15, 0.2) is 12.2 Å². The van der Waals surface area contributed by atoms with E-state index in [0.717, 1.165) is 18.4 Å². The van der Waals surface area contributed by atoms with E-state index in [9.17, 15) is 18.0 Å². The number of imide groups is 1. The summed E-state index contributed by atoms with van der Waals surface area (Å²) in [7, 11) is -3.83. The fourth-order valence-electron chi connectivity index (χ4n) is 0.595. The molecule has 0 saturated heterocycles. The van der Waals surface area contributed by atoms with Gasteiger partial charge < -0.3 is 0 Å². The third-order valence-electron chi connectivity index (χ3n) is 0.979. The Bertz CT molecular complexity index is 336. The molecule has 0 aromatic carbocycles. The van der Waals surface area contributed by atoms with E-state index in [1.54, 1.807) is 0 Å². The van der Waals surface area contributed by atoms with Crippen LogP contribution in [0.2, 0.25) is 0 Å². The molecule has 7 heteroatoms. The van der Waals surface area contributed by atoms with Gasteiger partial charge in [0, 0.05) is 12.2 Å². The van der Waals surface area contributed by atoms with E-state index in [1.165, 1.54) is 0 Å². The third kappa shape index (κ3) is 1.89. The minimum absolute atomic E-state index is 0.176. The highest BCUT2D eigenvalue weighted by Crippen LogP contribution is 2.06. The van der Waals surface area contributed by atoms with E-state index >= 15 is 0 Å². The number of rotatable bonds is 2. The Morgan fingerprint density at radius 2 is 1.67 bits per heavy atom. The van der Waals surface area contributed by atoms with Gasteiger partial charge in [0.15, 0.2) is 0 Å². The Kier molecular flexibility index (Phi) is 1.99. The molecule has 1 aliphatic heterocycles. The third-order valence-corrected chi connectivity index (χ3v) is 1.40. The van der Waals surface area contributed by atoms with Crippen molar-refractivity contribution in [2.45, 2.75) is 0 Å². The average molecular weight is 191 g/mol. The van der Waals surface area contributed by atoms with E-state index in [-0.39, 0.29) is 5.06 Å². The largest absolute Gasteiger partial charge is 0.285 e. The fourth-order valence-corrected chi connectivity index (χ4v) is 1.01. The van der Waals surface area contributed by atoms with Crippen molar-refractivity contribution in [3.05, 3.63) is 12.2 Å². The maximum absolute atomic E-state index is 10.7.